The van der Waals surface area contributed by atoms with E-state index in [1.165, 1.54) is 11.1 Å². The van der Waals surface area contributed by atoms with Crippen LogP contribution in [0.15, 0.2) is 24.3 Å². The molecule has 1 aromatic carbocycles. The Bertz CT molecular complexity index is 311. The van der Waals surface area contributed by atoms with Crippen molar-refractivity contribution in [3.05, 3.63) is 35.4 Å². The van der Waals surface area contributed by atoms with Crippen LogP contribution in [0, 0.1) is 0 Å². The average Bonchev–Trinajstić information content (AvgIpc) is 2.54. The summed E-state index contributed by atoms with van der Waals surface area (Å²) in [6.45, 7) is 2.41. The van der Waals surface area contributed by atoms with Gasteiger partial charge in [-0.1, -0.05) is 31.2 Å². The highest BCUT2D eigenvalue weighted by Crippen LogP contribution is 2.39. The van der Waals surface area contributed by atoms with Gasteiger partial charge < -0.3 is 5.32 Å². The molecule has 1 N–H and O–H groups in total. The fraction of sp³-hybridized carbons (Fsp3) is 0.500. The minimum absolute atomic E-state index is 0.285. The van der Waals surface area contributed by atoms with Crippen LogP contribution in [0.2, 0.25) is 0 Å². The van der Waals surface area contributed by atoms with Crippen molar-refractivity contribution in [2.45, 2.75) is 25.3 Å². The topological polar surface area (TPSA) is 12.0 Å². The molecule has 0 saturated carbocycles. The second-order valence-corrected chi connectivity index (χ2v) is 3.96. The third-order valence-corrected chi connectivity index (χ3v) is 2.98. The van der Waals surface area contributed by atoms with Crippen molar-refractivity contribution >= 4 is 0 Å². The Morgan fingerprint density at radius 3 is 2.79 bits per heavy atom. The summed E-state index contributed by atoms with van der Waals surface area (Å²) in [5.74, 6) is 0.600. The normalized spacial score (nSPS) is 25.0. The van der Waals surface area contributed by atoms with E-state index < -0.39 is 0 Å². The van der Waals surface area contributed by atoms with E-state index >= 15 is 0 Å². The number of nitrogens with one attached hydrogen (secondary N) is 1. The van der Waals surface area contributed by atoms with E-state index in [0.29, 0.717) is 18.5 Å². The average molecular weight is 193 g/mol. The van der Waals surface area contributed by atoms with Crippen LogP contribution in [0.1, 0.15) is 36.4 Å². The molecule has 1 nitrogen and oxygen atoms in total. The summed E-state index contributed by atoms with van der Waals surface area (Å²) in [5.41, 5.74) is 2.78. The van der Waals surface area contributed by atoms with E-state index in [9.17, 15) is 4.39 Å². The number of benzene rings is 1. The standard InChI is InChI=1S/C12H16FN/c1-9-8-12(14-7-6-13)11-5-3-2-4-10(9)11/h2-5,9,12,14H,6-8H2,1H3. The van der Waals surface area contributed by atoms with Crippen LogP contribution < -0.4 is 5.32 Å². The lowest BCUT2D eigenvalue weighted by Gasteiger charge is -2.12. The number of hydrogen-bond acceptors (Lipinski definition) is 1. The van der Waals surface area contributed by atoms with Gasteiger partial charge in [0.25, 0.3) is 0 Å². The number of hydrogen-bond donors (Lipinski definition) is 1. The van der Waals surface area contributed by atoms with Crippen LogP contribution >= 0.6 is 0 Å². The third-order valence-electron chi connectivity index (χ3n) is 2.98. The maximum absolute atomic E-state index is 12.1. The summed E-state index contributed by atoms with van der Waals surface area (Å²) in [4.78, 5) is 0. The molecule has 1 aliphatic carbocycles. The molecule has 2 rings (SSSR count). The molecule has 2 atom stereocenters. The Balaban J connectivity index is 2.17. The lowest BCUT2D eigenvalue weighted by atomic mass is 10.0. The minimum atomic E-state index is -0.285. The number of rotatable bonds is 3. The van der Waals surface area contributed by atoms with Crippen LogP contribution in [0.3, 0.4) is 0 Å². The molecule has 14 heavy (non-hydrogen) atoms. The van der Waals surface area contributed by atoms with E-state index in [0.717, 1.165) is 6.42 Å². The maximum Gasteiger partial charge on any atom is 0.102 e. The zero-order valence-electron chi connectivity index (χ0n) is 8.46. The molecule has 0 fully saturated rings. The molecule has 0 saturated heterocycles. The van der Waals surface area contributed by atoms with E-state index in [1.54, 1.807) is 0 Å². The first-order valence-corrected chi connectivity index (χ1v) is 5.21. The first kappa shape index (κ1) is 9.66. The summed E-state index contributed by atoms with van der Waals surface area (Å²) in [5, 5.41) is 3.24. The van der Waals surface area contributed by atoms with Crippen molar-refractivity contribution in [1.29, 1.82) is 0 Å². The Kier molecular flexibility index (Phi) is 2.82. The summed E-state index contributed by atoms with van der Waals surface area (Å²) in [6.07, 6.45) is 1.10. The van der Waals surface area contributed by atoms with E-state index in [4.69, 9.17) is 0 Å². The molecule has 0 radical (unpaired) electrons. The molecule has 0 heterocycles. The largest absolute Gasteiger partial charge is 0.307 e. The third kappa shape index (κ3) is 1.67. The predicted molar refractivity (Wildman–Crippen MR) is 56.2 cm³/mol. The number of alkyl halides is 1. The van der Waals surface area contributed by atoms with Gasteiger partial charge in [-0.2, -0.15) is 0 Å². The van der Waals surface area contributed by atoms with Crippen molar-refractivity contribution in [2.75, 3.05) is 13.2 Å². The van der Waals surface area contributed by atoms with Gasteiger partial charge in [0.15, 0.2) is 0 Å². The Hall–Kier alpha value is -0.890. The van der Waals surface area contributed by atoms with Gasteiger partial charge in [-0.05, 0) is 23.5 Å². The highest BCUT2D eigenvalue weighted by molar-refractivity contribution is 5.37. The van der Waals surface area contributed by atoms with Crippen LogP contribution in [-0.4, -0.2) is 13.2 Å². The van der Waals surface area contributed by atoms with Gasteiger partial charge in [0.1, 0.15) is 6.67 Å². The quantitative estimate of drug-likeness (QED) is 0.778. The molecule has 0 amide bonds. The van der Waals surface area contributed by atoms with Gasteiger partial charge in [-0.25, -0.2) is 4.39 Å². The maximum atomic E-state index is 12.1. The van der Waals surface area contributed by atoms with E-state index in [1.807, 2.05) is 0 Å². The van der Waals surface area contributed by atoms with Crippen molar-refractivity contribution in [3.8, 4) is 0 Å². The zero-order valence-corrected chi connectivity index (χ0v) is 8.46. The summed E-state index contributed by atoms with van der Waals surface area (Å²) in [6, 6.07) is 8.82. The molecule has 0 spiro atoms. The van der Waals surface area contributed by atoms with Gasteiger partial charge in [0.2, 0.25) is 0 Å². The van der Waals surface area contributed by atoms with Crippen LogP contribution in [-0.2, 0) is 0 Å². The fourth-order valence-electron chi connectivity index (χ4n) is 2.31. The monoisotopic (exact) mass is 193 g/mol. The Labute approximate surface area is 84.3 Å². The van der Waals surface area contributed by atoms with Gasteiger partial charge in [0, 0.05) is 12.6 Å². The van der Waals surface area contributed by atoms with Crippen molar-refractivity contribution in [2.24, 2.45) is 0 Å². The molecule has 0 aromatic heterocycles. The smallest absolute Gasteiger partial charge is 0.102 e. The van der Waals surface area contributed by atoms with Gasteiger partial charge in [0.05, 0.1) is 0 Å². The van der Waals surface area contributed by atoms with Crippen molar-refractivity contribution in [3.63, 3.8) is 0 Å². The van der Waals surface area contributed by atoms with Crippen molar-refractivity contribution in [1.82, 2.24) is 5.32 Å². The number of fused-ring (bicyclic) bond motifs is 1. The molecule has 0 bridgehead atoms. The molecular weight excluding hydrogens is 177 g/mol. The zero-order chi connectivity index (χ0) is 9.97. The first-order valence-electron chi connectivity index (χ1n) is 5.21. The van der Waals surface area contributed by atoms with Gasteiger partial charge in [-0.15, -0.1) is 0 Å². The molecule has 76 valence electrons. The Morgan fingerprint density at radius 1 is 1.36 bits per heavy atom. The second-order valence-electron chi connectivity index (χ2n) is 3.96. The van der Waals surface area contributed by atoms with Gasteiger partial charge >= 0.3 is 0 Å². The lowest BCUT2D eigenvalue weighted by Crippen LogP contribution is -2.21. The fourth-order valence-corrected chi connectivity index (χ4v) is 2.31. The lowest BCUT2D eigenvalue weighted by molar-refractivity contribution is 0.426. The summed E-state index contributed by atoms with van der Waals surface area (Å²) in [7, 11) is 0. The minimum Gasteiger partial charge on any atom is -0.307 e. The molecule has 2 heteroatoms. The molecule has 2 unspecified atom stereocenters. The first-order chi connectivity index (χ1) is 6.83. The molecular formula is C12H16FN. The second kappa shape index (κ2) is 4.09. The van der Waals surface area contributed by atoms with Crippen LogP contribution in [0.4, 0.5) is 4.39 Å². The van der Waals surface area contributed by atoms with Gasteiger partial charge in [-0.3, -0.25) is 0 Å². The highest BCUT2D eigenvalue weighted by Gasteiger charge is 2.26. The molecule has 0 aliphatic heterocycles. The SMILES string of the molecule is CC1CC(NCCF)c2ccccc21. The predicted octanol–water partition coefficient (Wildman–Crippen LogP) is 2.79. The molecule has 1 aromatic rings. The van der Waals surface area contributed by atoms with Crippen LogP contribution in [0.5, 0.6) is 0 Å². The summed E-state index contributed by atoms with van der Waals surface area (Å²) < 4.78 is 12.1. The Morgan fingerprint density at radius 2 is 2.07 bits per heavy atom. The highest BCUT2D eigenvalue weighted by atomic mass is 19.1. The van der Waals surface area contributed by atoms with Crippen LogP contribution in [0.25, 0.3) is 0 Å². The number of halogens is 1. The van der Waals surface area contributed by atoms with E-state index in [2.05, 4.69) is 36.5 Å². The van der Waals surface area contributed by atoms with E-state index in [-0.39, 0.29) is 6.67 Å². The summed E-state index contributed by atoms with van der Waals surface area (Å²) >= 11 is 0. The molecule has 1 aliphatic rings. The van der Waals surface area contributed by atoms with Crippen molar-refractivity contribution < 1.29 is 4.39 Å².